The summed E-state index contributed by atoms with van der Waals surface area (Å²) in [7, 11) is 0. The van der Waals surface area contributed by atoms with E-state index in [0.717, 1.165) is 11.1 Å². The first-order valence-corrected chi connectivity index (χ1v) is 5.07. The van der Waals surface area contributed by atoms with Crippen LogP contribution < -0.4 is 11.9 Å². The maximum Gasteiger partial charge on any atom is 0.131 e. The Morgan fingerprint density at radius 3 is 2.29 bits per heavy atom. The summed E-state index contributed by atoms with van der Waals surface area (Å²) in [5.74, 6) is 0.305. The summed E-state index contributed by atoms with van der Waals surface area (Å²) in [6, 6.07) is 7.28. The summed E-state index contributed by atoms with van der Waals surface area (Å²) in [5, 5.41) is 0. The van der Waals surface area contributed by atoms with Crippen LogP contribution in [0.4, 0.5) is 10.2 Å². The normalized spacial score (nSPS) is 9.82. The molecule has 0 aliphatic heterocycles. The van der Waals surface area contributed by atoms with E-state index in [9.17, 15) is 4.39 Å². The number of hydrogen-bond acceptors (Lipinski definition) is 3. The molecule has 0 amide bonds. The van der Waals surface area contributed by atoms with Crippen molar-refractivity contribution in [1.29, 1.82) is 0 Å². The monoisotopic (exact) mass is 233 g/mol. The van der Waals surface area contributed by atoms with Crippen LogP contribution >= 0.6 is 0 Å². The van der Waals surface area contributed by atoms with E-state index in [4.69, 9.17) is 5.73 Å². The van der Waals surface area contributed by atoms with E-state index in [-0.39, 0.29) is 12.0 Å². The van der Waals surface area contributed by atoms with Gasteiger partial charge in [0.2, 0.25) is 0 Å². The van der Waals surface area contributed by atoms with Crippen molar-refractivity contribution < 1.29 is 4.39 Å². The zero-order valence-electron chi connectivity index (χ0n) is 10.00. The average molecular weight is 233 g/mol. The standard InChI is InChI=1S/C13H13FN2.H3N/c1-8-6-10(7-9(2)12(8)14)11-4-3-5-16-13(11)15;/h3-7H,1-2H3,(H2,15,16);1H3. The van der Waals surface area contributed by atoms with Crippen LogP contribution in [0.3, 0.4) is 0 Å². The Kier molecular flexibility index (Phi) is 3.81. The first-order chi connectivity index (χ1) is 7.59. The second-order valence-corrected chi connectivity index (χ2v) is 3.86. The predicted molar refractivity (Wildman–Crippen MR) is 68.5 cm³/mol. The highest BCUT2D eigenvalue weighted by molar-refractivity contribution is 5.74. The van der Waals surface area contributed by atoms with Crippen LogP contribution in [-0.2, 0) is 0 Å². The van der Waals surface area contributed by atoms with E-state index in [1.54, 1.807) is 32.2 Å². The number of nitrogen functional groups attached to an aromatic ring is 1. The second-order valence-electron chi connectivity index (χ2n) is 3.86. The van der Waals surface area contributed by atoms with Crippen molar-refractivity contribution in [3.63, 3.8) is 0 Å². The first-order valence-electron chi connectivity index (χ1n) is 5.07. The smallest absolute Gasteiger partial charge is 0.131 e. The molecule has 3 nitrogen and oxygen atoms in total. The fourth-order valence-corrected chi connectivity index (χ4v) is 1.76. The SMILES string of the molecule is Cc1cc(-c2cccnc2N)cc(C)c1F.N. The van der Waals surface area contributed by atoms with E-state index in [1.165, 1.54) is 0 Å². The van der Waals surface area contributed by atoms with Gasteiger partial charge in [-0.2, -0.15) is 0 Å². The van der Waals surface area contributed by atoms with Gasteiger partial charge >= 0.3 is 0 Å². The topological polar surface area (TPSA) is 73.9 Å². The highest BCUT2D eigenvalue weighted by Crippen LogP contribution is 2.27. The van der Waals surface area contributed by atoms with Gasteiger partial charge in [-0.1, -0.05) is 0 Å². The minimum absolute atomic E-state index is 0. The van der Waals surface area contributed by atoms with Gasteiger partial charge in [-0.3, -0.25) is 0 Å². The molecule has 1 aromatic carbocycles. The summed E-state index contributed by atoms with van der Waals surface area (Å²) >= 11 is 0. The minimum atomic E-state index is -0.161. The van der Waals surface area contributed by atoms with Crippen LogP contribution in [0.15, 0.2) is 30.5 Å². The van der Waals surface area contributed by atoms with Gasteiger partial charge in [-0.05, 0) is 54.8 Å². The third-order valence-electron chi connectivity index (χ3n) is 2.59. The third kappa shape index (κ3) is 2.42. The maximum absolute atomic E-state index is 13.5. The van der Waals surface area contributed by atoms with Crippen LogP contribution in [0.25, 0.3) is 11.1 Å². The van der Waals surface area contributed by atoms with Crippen molar-refractivity contribution in [2.75, 3.05) is 5.73 Å². The summed E-state index contributed by atoms with van der Waals surface area (Å²) < 4.78 is 13.5. The molecule has 0 saturated carbocycles. The lowest BCUT2D eigenvalue weighted by Gasteiger charge is -2.08. The molecule has 0 aliphatic rings. The number of anilines is 1. The Morgan fingerprint density at radius 2 is 1.76 bits per heavy atom. The molecule has 0 spiro atoms. The van der Waals surface area contributed by atoms with Gasteiger partial charge in [-0.15, -0.1) is 0 Å². The molecule has 2 rings (SSSR count). The molecule has 0 aliphatic carbocycles. The zero-order chi connectivity index (χ0) is 11.7. The van der Waals surface area contributed by atoms with E-state index in [0.29, 0.717) is 16.9 Å². The molecule has 0 radical (unpaired) electrons. The van der Waals surface area contributed by atoms with E-state index in [2.05, 4.69) is 4.98 Å². The number of nitrogens with two attached hydrogens (primary N) is 1. The number of halogens is 1. The van der Waals surface area contributed by atoms with Crippen LogP contribution in [0, 0.1) is 19.7 Å². The highest BCUT2D eigenvalue weighted by Gasteiger charge is 2.08. The van der Waals surface area contributed by atoms with Gasteiger partial charge in [-0.25, -0.2) is 9.37 Å². The van der Waals surface area contributed by atoms with Crippen LogP contribution in [0.2, 0.25) is 0 Å². The quantitative estimate of drug-likeness (QED) is 0.794. The molecule has 4 heteroatoms. The van der Waals surface area contributed by atoms with Crippen molar-refractivity contribution in [2.45, 2.75) is 13.8 Å². The lowest BCUT2D eigenvalue weighted by atomic mass is 10.0. The van der Waals surface area contributed by atoms with Gasteiger partial charge in [0.1, 0.15) is 11.6 Å². The van der Waals surface area contributed by atoms with Gasteiger partial charge in [0.15, 0.2) is 0 Å². The molecule has 1 aromatic heterocycles. The molecular formula is C13H16FN3. The molecule has 5 N–H and O–H groups in total. The van der Waals surface area contributed by atoms with E-state index in [1.807, 2.05) is 12.1 Å². The average Bonchev–Trinajstić information content (AvgIpc) is 2.26. The molecule has 0 bridgehead atoms. The highest BCUT2D eigenvalue weighted by atomic mass is 19.1. The summed E-state index contributed by atoms with van der Waals surface area (Å²) in [5.41, 5.74) is 8.78. The number of rotatable bonds is 1. The fraction of sp³-hybridized carbons (Fsp3) is 0.154. The second kappa shape index (κ2) is 4.93. The Labute approximate surface area is 100 Å². The number of nitrogens with zero attached hydrogens (tertiary/aromatic N) is 1. The van der Waals surface area contributed by atoms with Crippen molar-refractivity contribution in [2.24, 2.45) is 0 Å². The largest absolute Gasteiger partial charge is 0.383 e. The number of pyridine rings is 1. The molecule has 17 heavy (non-hydrogen) atoms. The van der Waals surface area contributed by atoms with E-state index < -0.39 is 0 Å². The zero-order valence-corrected chi connectivity index (χ0v) is 10.00. The molecule has 0 fully saturated rings. The van der Waals surface area contributed by atoms with Gasteiger partial charge < -0.3 is 11.9 Å². The number of hydrogen-bond donors (Lipinski definition) is 2. The lowest BCUT2D eigenvalue weighted by molar-refractivity contribution is 0.609. The van der Waals surface area contributed by atoms with Gasteiger partial charge in [0, 0.05) is 11.8 Å². The van der Waals surface area contributed by atoms with Crippen molar-refractivity contribution in [3.05, 3.63) is 47.4 Å². The van der Waals surface area contributed by atoms with Crippen molar-refractivity contribution in [1.82, 2.24) is 11.1 Å². The van der Waals surface area contributed by atoms with Gasteiger partial charge in [0.05, 0.1) is 0 Å². The molecular weight excluding hydrogens is 217 g/mol. The Balaban J connectivity index is 0.00000144. The molecule has 0 unspecified atom stereocenters. The van der Waals surface area contributed by atoms with E-state index >= 15 is 0 Å². The van der Waals surface area contributed by atoms with Crippen molar-refractivity contribution >= 4 is 5.82 Å². The lowest BCUT2D eigenvalue weighted by Crippen LogP contribution is -1.95. The Bertz CT molecular complexity index is 515. The first kappa shape index (κ1) is 13.1. The summed E-state index contributed by atoms with van der Waals surface area (Å²) in [6.07, 6.45) is 1.64. The third-order valence-corrected chi connectivity index (χ3v) is 2.59. The van der Waals surface area contributed by atoms with Crippen LogP contribution in [0.1, 0.15) is 11.1 Å². The summed E-state index contributed by atoms with van der Waals surface area (Å²) in [4.78, 5) is 4.02. The maximum atomic E-state index is 13.5. The fourth-order valence-electron chi connectivity index (χ4n) is 1.76. The molecule has 90 valence electrons. The van der Waals surface area contributed by atoms with Gasteiger partial charge in [0.25, 0.3) is 0 Å². The predicted octanol–water partition coefficient (Wildman–Crippen LogP) is 3.25. The molecule has 0 atom stereocenters. The van der Waals surface area contributed by atoms with Crippen LogP contribution in [-0.4, -0.2) is 4.98 Å². The van der Waals surface area contributed by atoms with Crippen LogP contribution in [0.5, 0.6) is 0 Å². The number of aryl methyl sites for hydroxylation is 2. The molecule has 2 aromatic rings. The van der Waals surface area contributed by atoms with Crippen molar-refractivity contribution in [3.8, 4) is 11.1 Å². The Hall–Kier alpha value is -1.94. The number of aromatic nitrogens is 1. The number of benzene rings is 1. The summed E-state index contributed by atoms with van der Waals surface area (Å²) in [6.45, 7) is 3.50. The molecule has 1 heterocycles. The Morgan fingerprint density at radius 1 is 1.18 bits per heavy atom. The minimum Gasteiger partial charge on any atom is -0.383 e. The molecule has 0 saturated heterocycles.